The lowest BCUT2D eigenvalue weighted by Crippen LogP contribution is -2.03. The number of rotatable bonds is 5. The first kappa shape index (κ1) is 14.2. The molecule has 2 aromatic carbocycles. The highest BCUT2D eigenvalue weighted by molar-refractivity contribution is 5.47. The minimum absolute atomic E-state index is 0.114. The molecule has 0 aromatic heterocycles. The van der Waals surface area contributed by atoms with Crippen LogP contribution in [-0.2, 0) is 6.54 Å². The van der Waals surface area contributed by atoms with Crippen LogP contribution in [0.2, 0.25) is 0 Å². The zero-order valence-corrected chi connectivity index (χ0v) is 10.9. The Bertz CT molecular complexity index is 570. The van der Waals surface area contributed by atoms with Crippen molar-refractivity contribution >= 4 is 5.69 Å². The molecule has 0 saturated heterocycles. The molecule has 106 valence electrons. The van der Waals surface area contributed by atoms with Crippen LogP contribution < -0.4 is 10.1 Å². The summed E-state index contributed by atoms with van der Waals surface area (Å²) in [5.74, 6) is -0.150. The van der Waals surface area contributed by atoms with Gasteiger partial charge in [-0.3, -0.25) is 0 Å². The maximum atomic E-state index is 13.0. The molecule has 0 aliphatic rings. The van der Waals surface area contributed by atoms with Crippen molar-refractivity contribution in [1.29, 1.82) is 0 Å². The maximum Gasteiger partial charge on any atom is 0.387 e. The average Bonchev–Trinajstić information content (AvgIpc) is 2.39. The Morgan fingerprint density at radius 2 is 1.80 bits per heavy atom. The lowest BCUT2D eigenvalue weighted by Gasteiger charge is -2.10. The number of aryl methyl sites for hydroxylation is 1. The van der Waals surface area contributed by atoms with Gasteiger partial charge in [0.1, 0.15) is 11.6 Å². The van der Waals surface area contributed by atoms with Crippen molar-refractivity contribution in [3.8, 4) is 5.75 Å². The minimum Gasteiger partial charge on any atom is -0.435 e. The van der Waals surface area contributed by atoms with Gasteiger partial charge in [0.15, 0.2) is 0 Å². The summed E-state index contributed by atoms with van der Waals surface area (Å²) in [6.45, 7) is -0.462. The zero-order valence-electron chi connectivity index (χ0n) is 10.9. The van der Waals surface area contributed by atoms with Crippen molar-refractivity contribution in [1.82, 2.24) is 0 Å². The summed E-state index contributed by atoms with van der Waals surface area (Å²) in [5.41, 5.74) is 2.60. The first-order chi connectivity index (χ1) is 9.54. The third-order valence-electron chi connectivity index (χ3n) is 2.87. The highest BCUT2D eigenvalue weighted by Crippen LogP contribution is 2.19. The van der Waals surface area contributed by atoms with Gasteiger partial charge in [-0.15, -0.1) is 0 Å². The van der Waals surface area contributed by atoms with Crippen LogP contribution in [0, 0.1) is 12.7 Å². The second-order valence-corrected chi connectivity index (χ2v) is 4.33. The van der Waals surface area contributed by atoms with Crippen LogP contribution in [0.5, 0.6) is 5.75 Å². The van der Waals surface area contributed by atoms with Gasteiger partial charge in [-0.05, 0) is 54.4 Å². The molecule has 0 heterocycles. The summed E-state index contributed by atoms with van der Waals surface area (Å²) in [6.07, 6.45) is 0. The summed E-state index contributed by atoms with van der Waals surface area (Å²) in [5, 5.41) is 3.14. The van der Waals surface area contributed by atoms with Crippen molar-refractivity contribution in [2.24, 2.45) is 0 Å². The summed E-state index contributed by atoms with van der Waals surface area (Å²) in [7, 11) is 0. The summed E-state index contributed by atoms with van der Waals surface area (Å²) in [6, 6.07) is 10.8. The summed E-state index contributed by atoms with van der Waals surface area (Å²) >= 11 is 0. The largest absolute Gasteiger partial charge is 0.435 e. The Balaban J connectivity index is 1.96. The molecule has 20 heavy (non-hydrogen) atoms. The molecule has 0 bridgehead atoms. The van der Waals surface area contributed by atoms with Gasteiger partial charge in [-0.1, -0.05) is 6.07 Å². The van der Waals surface area contributed by atoms with Crippen molar-refractivity contribution in [2.45, 2.75) is 20.1 Å². The number of benzene rings is 2. The second-order valence-electron chi connectivity index (χ2n) is 4.33. The van der Waals surface area contributed by atoms with Crippen LogP contribution in [-0.4, -0.2) is 6.61 Å². The van der Waals surface area contributed by atoms with Crippen LogP contribution in [0.1, 0.15) is 11.1 Å². The van der Waals surface area contributed by atoms with Crippen LogP contribution in [0.3, 0.4) is 0 Å². The number of ether oxygens (including phenoxy) is 1. The van der Waals surface area contributed by atoms with Gasteiger partial charge in [0, 0.05) is 12.2 Å². The van der Waals surface area contributed by atoms with Crippen molar-refractivity contribution < 1.29 is 17.9 Å². The van der Waals surface area contributed by atoms with E-state index in [0.717, 1.165) is 16.8 Å². The molecule has 2 aromatic rings. The fourth-order valence-electron chi connectivity index (χ4n) is 1.81. The number of hydrogen-bond acceptors (Lipinski definition) is 2. The molecule has 0 saturated carbocycles. The van der Waals surface area contributed by atoms with E-state index in [-0.39, 0.29) is 11.6 Å². The predicted octanol–water partition coefficient (Wildman–Crippen LogP) is 4.35. The van der Waals surface area contributed by atoms with Crippen LogP contribution >= 0.6 is 0 Å². The van der Waals surface area contributed by atoms with Crippen LogP contribution in [0.25, 0.3) is 0 Å². The molecule has 0 atom stereocenters. The normalized spacial score (nSPS) is 10.7. The van der Waals surface area contributed by atoms with E-state index in [1.54, 1.807) is 18.2 Å². The van der Waals surface area contributed by atoms with Crippen molar-refractivity contribution in [2.75, 3.05) is 5.32 Å². The van der Waals surface area contributed by atoms with Crippen LogP contribution in [0.4, 0.5) is 18.9 Å². The Morgan fingerprint density at radius 3 is 2.40 bits per heavy atom. The van der Waals surface area contributed by atoms with E-state index >= 15 is 0 Å². The van der Waals surface area contributed by atoms with E-state index in [0.29, 0.717) is 6.54 Å². The van der Waals surface area contributed by atoms with E-state index < -0.39 is 6.61 Å². The van der Waals surface area contributed by atoms with Crippen molar-refractivity contribution in [3.63, 3.8) is 0 Å². The lowest BCUT2D eigenvalue weighted by molar-refractivity contribution is -0.0498. The molecule has 0 fully saturated rings. The number of hydrogen-bond donors (Lipinski definition) is 1. The highest BCUT2D eigenvalue weighted by atomic mass is 19.3. The Labute approximate surface area is 115 Å². The molecular formula is C15H14F3NO. The van der Waals surface area contributed by atoms with E-state index in [4.69, 9.17) is 0 Å². The molecule has 5 heteroatoms. The van der Waals surface area contributed by atoms with Crippen molar-refractivity contribution in [3.05, 3.63) is 59.4 Å². The zero-order chi connectivity index (χ0) is 14.5. The molecule has 1 N–H and O–H groups in total. The van der Waals surface area contributed by atoms with Gasteiger partial charge in [0.05, 0.1) is 0 Å². The molecule has 0 aliphatic carbocycles. The van der Waals surface area contributed by atoms with Gasteiger partial charge in [0.2, 0.25) is 0 Å². The third-order valence-corrected chi connectivity index (χ3v) is 2.87. The SMILES string of the molecule is Cc1cc(F)ccc1CNc1ccc(OC(F)F)cc1. The van der Waals surface area contributed by atoms with E-state index in [9.17, 15) is 13.2 Å². The van der Waals surface area contributed by atoms with Gasteiger partial charge in [-0.2, -0.15) is 8.78 Å². The Morgan fingerprint density at radius 1 is 1.10 bits per heavy atom. The molecule has 0 unspecified atom stereocenters. The highest BCUT2D eigenvalue weighted by Gasteiger charge is 2.04. The van der Waals surface area contributed by atoms with Gasteiger partial charge in [0.25, 0.3) is 0 Å². The number of nitrogens with one attached hydrogen (secondary N) is 1. The average molecular weight is 281 g/mol. The van der Waals surface area contributed by atoms with Gasteiger partial charge >= 0.3 is 6.61 Å². The van der Waals surface area contributed by atoms with Crippen LogP contribution in [0.15, 0.2) is 42.5 Å². The molecular weight excluding hydrogens is 267 g/mol. The monoisotopic (exact) mass is 281 g/mol. The first-order valence-electron chi connectivity index (χ1n) is 6.08. The molecule has 2 nitrogen and oxygen atoms in total. The van der Waals surface area contributed by atoms with Gasteiger partial charge in [-0.25, -0.2) is 4.39 Å². The quantitative estimate of drug-likeness (QED) is 0.879. The predicted molar refractivity (Wildman–Crippen MR) is 71.5 cm³/mol. The minimum atomic E-state index is -2.82. The fraction of sp³-hybridized carbons (Fsp3) is 0.200. The summed E-state index contributed by atoms with van der Waals surface area (Å²) in [4.78, 5) is 0. The molecule has 0 amide bonds. The van der Waals surface area contributed by atoms with E-state index in [2.05, 4.69) is 10.1 Å². The molecule has 0 aliphatic heterocycles. The third kappa shape index (κ3) is 3.91. The smallest absolute Gasteiger partial charge is 0.387 e. The molecule has 2 rings (SSSR count). The maximum absolute atomic E-state index is 13.0. The Hall–Kier alpha value is -2.17. The first-order valence-corrected chi connectivity index (χ1v) is 6.08. The standard InChI is InChI=1S/C15H14F3NO/c1-10-8-12(16)3-2-11(10)9-19-13-4-6-14(7-5-13)20-15(17)18/h2-8,15,19H,9H2,1H3. The molecule has 0 spiro atoms. The fourth-order valence-corrected chi connectivity index (χ4v) is 1.81. The lowest BCUT2D eigenvalue weighted by atomic mass is 10.1. The van der Waals surface area contributed by atoms with Gasteiger partial charge < -0.3 is 10.1 Å². The number of alkyl halides is 2. The number of anilines is 1. The van der Waals surface area contributed by atoms with E-state index in [1.807, 2.05) is 6.92 Å². The summed E-state index contributed by atoms with van der Waals surface area (Å²) < 4.78 is 41.2. The van der Waals surface area contributed by atoms with E-state index in [1.165, 1.54) is 24.3 Å². The topological polar surface area (TPSA) is 21.3 Å². The molecule has 0 radical (unpaired) electrons. The Kier molecular flexibility index (Phi) is 4.50. The second kappa shape index (κ2) is 6.32. The number of halogens is 3.